The van der Waals surface area contributed by atoms with Gasteiger partial charge in [0.05, 0.1) is 0 Å². The third-order valence-corrected chi connectivity index (χ3v) is 10.3. The van der Waals surface area contributed by atoms with Gasteiger partial charge in [-0.3, -0.25) is 4.67 Å². The van der Waals surface area contributed by atoms with Gasteiger partial charge in [0.1, 0.15) is 0 Å². The molecule has 0 aliphatic heterocycles. The van der Waals surface area contributed by atoms with E-state index in [1.807, 2.05) is 0 Å². The summed E-state index contributed by atoms with van der Waals surface area (Å²) in [6.07, 6.45) is 5.06. The number of hydrogen-bond acceptors (Lipinski definition) is 2. The second kappa shape index (κ2) is 12.7. The maximum absolute atomic E-state index is 4.04. The van der Waals surface area contributed by atoms with Crippen LogP contribution in [0.15, 0.2) is 109 Å². The molecule has 1 fully saturated rings. The lowest BCUT2D eigenvalue weighted by atomic mass is 9.89. The van der Waals surface area contributed by atoms with Gasteiger partial charge >= 0.3 is 0 Å². The molecule has 2 nitrogen and oxygen atoms in total. The Balaban J connectivity index is 1.54. The largest absolute Gasteiger partial charge is 0.308 e. The van der Waals surface area contributed by atoms with E-state index < -0.39 is 8.07 Å². The molecule has 5 rings (SSSR count). The van der Waals surface area contributed by atoms with Crippen molar-refractivity contribution >= 4 is 18.7 Å². The van der Waals surface area contributed by atoms with Gasteiger partial charge in [-0.15, -0.1) is 0 Å². The van der Waals surface area contributed by atoms with Crippen LogP contribution < -0.4 is 15.9 Å². The molecule has 0 aromatic heterocycles. The van der Waals surface area contributed by atoms with Crippen LogP contribution in [0.5, 0.6) is 0 Å². The Morgan fingerprint density at radius 3 is 1.76 bits per heavy atom. The first kappa shape index (κ1) is 25.9. The highest BCUT2D eigenvalue weighted by molar-refractivity contribution is 7.70. The van der Waals surface area contributed by atoms with Crippen LogP contribution in [0.1, 0.15) is 47.9 Å². The van der Waals surface area contributed by atoms with E-state index in [0.29, 0.717) is 12.1 Å². The highest BCUT2D eigenvalue weighted by Gasteiger charge is 2.35. The van der Waals surface area contributed by atoms with Crippen LogP contribution in [0.2, 0.25) is 0 Å². The summed E-state index contributed by atoms with van der Waals surface area (Å²) in [7, 11) is -0.678. The molecule has 0 unspecified atom stereocenters. The summed E-state index contributed by atoms with van der Waals surface area (Å²) in [6, 6.07) is 41.1. The molecule has 1 saturated carbocycles. The number of rotatable bonds is 9. The maximum Gasteiger partial charge on any atom is 0.0297 e. The standard InChI is InChI=1S/C34H39N2P/c1-27-15-9-11-17-29(27)25-35-33-23-13-14-24-34(33)36(26-30-18-12-10-16-28(30)2)37(31-19-5-3-6-20-31)32-21-7-4-8-22-32/h3-12,15-22,33-35H,13-14,23-26H2,1-2H3/t33-,34-/m1/s1. The quantitative estimate of drug-likeness (QED) is 0.241. The SMILES string of the molecule is Cc1ccccc1CN[C@@H]1CCCC[C@H]1N(Cc1ccccc1C)P(c1ccccc1)c1ccccc1. The van der Waals surface area contributed by atoms with Gasteiger partial charge in [-0.25, -0.2) is 0 Å². The Morgan fingerprint density at radius 2 is 1.16 bits per heavy atom. The van der Waals surface area contributed by atoms with E-state index in [9.17, 15) is 0 Å². The first-order chi connectivity index (χ1) is 18.2. The summed E-state index contributed by atoms with van der Waals surface area (Å²) in [6.45, 7) is 6.38. The molecule has 0 heterocycles. The zero-order valence-electron chi connectivity index (χ0n) is 22.2. The van der Waals surface area contributed by atoms with Gasteiger partial charge in [-0.2, -0.15) is 0 Å². The molecule has 4 aromatic carbocycles. The topological polar surface area (TPSA) is 15.3 Å². The second-order valence-corrected chi connectivity index (χ2v) is 12.4. The fourth-order valence-corrected chi connectivity index (χ4v) is 8.31. The fourth-order valence-electron chi connectivity index (χ4n) is 5.64. The fraction of sp³-hybridized carbons (Fsp3) is 0.294. The molecular weight excluding hydrogens is 467 g/mol. The molecule has 0 spiro atoms. The Morgan fingerprint density at radius 1 is 0.649 bits per heavy atom. The summed E-state index contributed by atoms with van der Waals surface area (Å²) in [5, 5.41) is 6.90. The van der Waals surface area contributed by atoms with Gasteiger partial charge < -0.3 is 5.32 Å². The van der Waals surface area contributed by atoms with Gasteiger partial charge in [0, 0.05) is 33.2 Å². The molecule has 190 valence electrons. The van der Waals surface area contributed by atoms with Gasteiger partial charge in [0.25, 0.3) is 0 Å². The van der Waals surface area contributed by atoms with Crippen molar-refractivity contribution < 1.29 is 0 Å². The van der Waals surface area contributed by atoms with Crippen LogP contribution in [-0.4, -0.2) is 16.8 Å². The molecule has 1 N–H and O–H groups in total. The minimum absolute atomic E-state index is 0.467. The summed E-state index contributed by atoms with van der Waals surface area (Å²) < 4.78 is 2.87. The van der Waals surface area contributed by atoms with Crippen molar-refractivity contribution in [1.82, 2.24) is 9.99 Å². The van der Waals surface area contributed by atoms with Crippen LogP contribution in [-0.2, 0) is 13.1 Å². The van der Waals surface area contributed by atoms with Crippen molar-refractivity contribution in [3.8, 4) is 0 Å². The lowest BCUT2D eigenvalue weighted by molar-refractivity contribution is 0.201. The van der Waals surface area contributed by atoms with E-state index in [0.717, 1.165) is 13.1 Å². The lowest BCUT2D eigenvalue weighted by Crippen LogP contribution is -2.51. The van der Waals surface area contributed by atoms with E-state index in [1.54, 1.807) is 0 Å². The molecule has 0 amide bonds. The van der Waals surface area contributed by atoms with Crippen molar-refractivity contribution in [1.29, 1.82) is 0 Å². The van der Waals surface area contributed by atoms with Gasteiger partial charge in [-0.1, -0.05) is 122 Å². The summed E-state index contributed by atoms with van der Waals surface area (Å²) in [4.78, 5) is 0. The third kappa shape index (κ3) is 6.39. The van der Waals surface area contributed by atoms with Crippen molar-refractivity contribution in [2.24, 2.45) is 0 Å². The van der Waals surface area contributed by atoms with Crippen LogP contribution in [0.3, 0.4) is 0 Å². The number of aryl methyl sites for hydroxylation is 2. The predicted octanol–water partition coefficient (Wildman–Crippen LogP) is 7.25. The molecule has 0 bridgehead atoms. The van der Waals surface area contributed by atoms with Crippen molar-refractivity contribution in [3.63, 3.8) is 0 Å². The predicted molar refractivity (Wildman–Crippen MR) is 160 cm³/mol. The number of nitrogens with one attached hydrogen (secondary N) is 1. The maximum atomic E-state index is 4.04. The van der Waals surface area contributed by atoms with E-state index in [-0.39, 0.29) is 0 Å². The minimum Gasteiger partial charge on any atom is -0.308 e. The molecule has 1 aliphatic rings. The molecule has 2 atom stereocenters. The van der Waals surface area contributed by atoms with Gasteiger partial charge in [0.2, 0.25) is 0 Å². The minimum atomic E-state index is -0.678. The second-order valence-electron chi connectivity index (χ2n) is 10.3. The van der Waals surface area contributed by atoms with E-state index in [1.165, 1.54) is 58.5 Å². The summed E-state index contributed by atoms with van der Waals surface area (Å²) in [5.74, 6) is 0. The molecule has 3 heteroatoms. The van der Waals surface area contributed by atoms with Crippen LogP contribution in [0.4, 0.5) is 0 Å². The molecule has 4 aromatic rings. The monoisotopic (exact) mass is 506 g/mol. The summed E-state index contributed by atoms with van der Waals surface area (Å²) >= 11 is 0. The Labute approximate surface area is 224 Å². The van der Waals surface area contributed by atoms with E-state index >= 15 is 0 Å². The third-order valence-electron chi connectivity index (χ3n) is 7.78. The first-order valence-corrected chi connectivity index (χ1v) is 15.0. The van der Waals surface area contributed by atoms with Crippen molar-refractivity contribution in [2.75, 3.05) is 0 Å². The Bertz CT molecular complexity index is 1220. The average Bonchev–Trinajstić information content (AvgIpc) is 2.95. The van der Waals surface area contributed by atoms with Crippen LogP contribution in [0.25, 0.3) is 0 Å². The number of nitrogens with zero attached hydrogens (tertiary/aromatic N) is 1. The van der Waals surface area contributed by atoms with Crippen molar-refractivity contribution in [2.45, 2.75) is 64.7 Å². The van der Waals surface area contributed by atoms with E-state index in [4.69, 9.17) is 0 Å². The van der Waals surface area contributed by atoms with Crippen LogP contribution in [0, 0.1) is 13.8 Å². The molecule has 37 heavy (non-hydrogen) atoms. The normalized spacial score (nSPS) is 17.8. The van der Waals surface area contributed by atoms with E-state index in [2.05, 4.69) is 133 Å². The Hall–Kier alpha value is -2.77. The average molecular weight is 507 g/mol. The molecule has 0 saturated heterocycles. The lowest BCUT2D eigenvalue weighted by Gasteiger charge is -2.45. The van der Waals surface area contributed by atoms with Gasteiger partial charge in [0.15, 0.2) is 0 Å². The molecule has 1 aliphatic carbocycles. The smallest absolute Gasteiger partial charge is 0.0297 e. The number of hydrogen-bond donors (Lipinski definition) is 1. The zero-order valence-corrected chi connectivity index (χ0v) is 23.1. The highest BCUT2D eigenvalue weighted by atomic mass is 31.1. The Kier molecular flexibility index (Phi) is 8.84. The van der Waals surface area contributed by atoms with Gasteiger partial charge in [-0.05, 0) is 59.6 Å². The zero-order chi connectivity index (χ0) is 25.5. The highest BCUT2D eigenvalue weighted by Crippen LogP contribution is 2.44. The van der Waals surface area contributed by atoms with Crippen LogP contribution >= 0.6 is 8.07 Å². The molecular formula is C34H39N2P. The van der Waals surface area contributed by atoms with Crippen molar-refractivity contribution in [3.05, 3.63) is 131 Å². The first-order valence-electron chi connectivity index (χ1n) is 13.7. The number of benzene rings is 4. The summed E-state index contributed by atoms with van der Waals surface area (Å²) in [5.41, 5.74) is 5.59. The molecule has 0 radical (unpaired) electrons.